The summed E-state index contributed by atoms with van der Waals surface area (Å²) in [5.74, 6) is 1.29. The molecule has 28 heavy (non-hydrogen) atoms. The number of methoxy groups -OCH3 is 3. The smallest absolute Gasteiger partial charge is 0.268 e. The number of carbonyl (C=O) groups is 1. The van der Waals surface area contributed by atoms with E-state index in [1.165, 1.54) is 5.56 Å². The number of oxime groups is 1. The lowest BCUT2D eigenvalue weighted by atomic mass is 10.0. The van der Waals surface area contributed by atoms with Crippen molar-refractivity contribution in [2.24, 2.45) is 5.16 Å². The normalized spacial score (nSPS) is 15.4. The Labute approximate surface area is 164 Å². The molecule has 0 aliphatic carbocycles. The van der Waals surface area contributed by atoms with Crippen molar-refractivity contribution in [1.29, 1.82) is 0 Å². The molecule has 7 heteroatoms. The number of nitrogens with one attached hydrogen (secondary N) is 1. The molecule has 2 aromatic rings. The van der Waals surface area contributed by atoms with Crippen LogP contribution in [0.4, 0.5) is 5.69 Å². The molecule has 1 N–H and O–H groups in total. The number of aryl methyl sites for hydroxylation is 1. The van der Waals surface area contributed by atoms with E-state index in [1.54, 1.807) is 33.5 Å². The maximum absolute atomic E-state index is 12.5. The molecule has 1 heterocycles. The number of hydrogen-bond donors (Lipinski definition) is 1. The quantitative estimate of drug-likeness (QED) is 0.792. The SMILES string of the molecule is CCc1ccc(NC(=O)[C@H]2CC(c3cc(OC)c(OC)c(OC)c3)=NO2)cc1. The zero-order chi connectivity index (χ0) is 20.1. The Morgan fingerprint density at radius 2 is 1.75 bits per heavy atom. The Balaban J connectivity index is 1.71. The average molecular weight is 384 g/mol. The number of anilines is 1. The molecule has 1 amide bonds. The number of amides is 1. The van der Waals surface area contributed by atoms with Crippen LogP contribution in [0.5, 0.6) is 17.2 Å². The summed E-state index contributed by atoms with van der Waals surface area (Å²) < 4.78 is 16.1. The van der Waals surface area contributed by atoms with E-state index < -0.39 is 6.10 Å². The Morgan fingerprint density at radius 3 is 2.29 bits per heavy atom. The van der Waals surface area contributed by atoms with E-state index in [-0.39, 0.29) is 5.91 Å². The lowest BCUT2D eigenvalue weighted by Crippen LogP contribution is -2.28. The van der Waals surface area contributed by atoms with Crippen molar-refractivity contribution >= 4 is 17.3 Å². The van der Waals surface area contributed by atoms with Crippen LogP contribution in [0, 0.1) is 0 Å². The number of carbonyl (C=O) groups excluding carboxylic acids is 1. The van der Waals surface area contributed by atoms with Crippen molar-refractivity contribution in [3.05, 3.63) is 47.5 Å². The molecule has 0 saturated heterocycles. The van der Waals surface area contributed by atoms with Gasteiger partial charge < -0.3 is 24.4 Å². The summed E-state index contributed by atoms with van der Waals surface area (Å²) >= 11 is 0. The van der Waals surface area contributed by atoms with Crippen molar-refractivity contribution in [3.63, 3.8) is 0 Å². The largest absolute Gasteiger partial charge is 0.493 e. The van der Waals surface area contributed by atoms with E-state index in [9.17, 15) is 4.79 Å². The van der Waals surface area contributed by atoms with Crippen LogP contribution in [-0.2, 0) is 16.1 Å². The summed E-state index contributed by atoms with van der Waals surface area (Å²) in [6.07, 6.45) is 0.601. The van der Waals surface area contributed by atoms with Crippen LogP contribution in [-0.4, -0.2) is 39.1 Å². The third-order valence-corrected chi connectivity index (χ3v) is 4.59. The summed E-state index contributed by atoms with van der Waals surface area (Å²) in [5, 5.41) is 6.95. The Morgan fingerprint density at radius 1 is 1.11 bits per heavy atom. The Kier molecular flexibility index (Phi) is 6.03. The molecule has 0 aromatic heterocycles. The highest BCUT2D eigenvalue weighted by Crippen LogP contribution is 2.39. The second-order valence-electron chi connectivity index (χ2n) is 6.29. The first-order chi connectivity index (χ1) is 13.6. The summed E-state index contributed by atoms with van der Waals surface area (Å²) in [6, 6.07) is 11.3. The molecule has 1 aliphatic rings. The highest BCUT2D eigenvalue weighted by molar-refractivity contribution is 6.06. The van der Waals surface area contributed by atoms with Gasteiger partial charge in [0.25, 0.3) is 5.91 Å². The van der Waals surface area contributed by atoms with Crippen molar-refractivity contribution < 1.29 is 23.8 Å². The zero-order valence-electron chi connectivity index (χ0n) is 16.4. The topological polar surface area (TPSA) is 78.4 Å². The summed E-state index contributed by atoms with van der Waals surface area (Å²) in [4.78, 5) is 17.9. The maximum atomic E-state index is 12.5. The second-order valence-corrected chi connectivity index (χ2v) is 6.29. The molecule has 1 aliphatic heterocycles. The summed E-state index contributed by atoms with van der Waals surface area (Å²) in [5.41, 5.74) is 3.33. The molecule has 0 spiro atoms. The number of nitrogens with zero attached hydrogens (tertiary/aromatic N) is 1. The molecule has 148 valence electrons. The van der Waals surface area contributed by atoms with Crippen molar-refractivity contribution in [2.45, 2.75) is 25.9 Å². The van der Waals surface area contributed by atoms with E-state index in [2.05, 4.69) is 17.4 Å². The first-order valence-electron chi connectivity index (χ1n) is 9.02. The average Bonchev–Trinajstić information content (AvgIpc) is 3.23. The first kappa shape index (κ1) is 19.5. The van der Waals surface area contributed by atoms with Gasteiger partial charge in [0.2, 0.25) is 11.9 Å². The molecule has 0 saturated carbocycles. The van der Waals surface area contributed by atoms with Crippen LogP contribution in [0.2, 0.25) is 0 Å². The zero-order valence-corrected chi connectivity index (χ0v) is 16.4. The lowest BCUT2D eigenvalue weighted by molar-refractivity contribution is -0.125. The van der Waals surface area contributed by atoms with E-state index in [4.69, 9.17) is 19.0 Å². The van der Waals surface area contributed by atoms with E-state index in [0.717, 1.165) is 17.7 Å². The highest BCUT2D eigenvalue weighted by atomic mass is 16.6. The van der Waals surface area contributed by atoms with Gasteiger partial charge >= 0.3 is 0 Å². The Hall–Kier alpha value is -3.22. The van der Waals surface area contributed by atoms with Gasteiger partial charge in [0, 0.05) is 17.7 Å². The standard InChI is InChI=1S/C21H24N2O5/c1-5-13-6-8-15(9-7-13)22-21(24)19-12-16(23-28-19)14-10-17(25-2)20(27-4)18(11-14)26-3/h6-11,19H,5,12H2,1-4H3,(H,22,24)/t19-/m1/s1. The minimum atomic E-state index is -0.694. The van der Waals surface area contributed by atoms with E-state index >= 15 is 0 Å². The molecule has 1 atom stereocenters. The minimum absolute atomic E-state index is 0.240. The van der Waals surface area contributed by atoms with Crippen LogP contribution in [0.15, 0.2) is 41.6 Å². The maximum Gasteiger partial charge on any atom is 0.268 e. The van der Waals surface area contributed by atoms with Gasteiger partial charge in [0.05, 0.1) is 27.0 Å². The number of ether oxygens (including phenoxy) is 3. The van der Waals surface area contributed by atoms with E-state index in [1.807, 2.05) is 24.3 Å². The highest BCUT2D eigenvalue weighted by Gasteiger charge is 2.30. The number of rotatable bonds is 7. The van der Waals surface area contributed by atoms with Gasteiger partial charge in [-0.05, 0) is 36.2 Å². The lowest BCUT2D eigenvalue weighted by Gasteiger charge is -2.14. The van der Waals surface area contributed by atoms with Crippen LogP contribution in [0.25, 0.3) is 0 Å². The second kappa shape index (κ2) is 8.65. The predicted molar refractivity (Wildman–Crippen MR) is 107 cm³/mol. The fourth-order valence-corrected chi connectivity index (χ4v) is 2.98. The van der Waals surface area contributed by atoms with Crippen LogP contribution in [0.3, 0.4) is 0 Å². The molecule has 2 aromatic carbocycles. The molecule has 0 fully saturated rings. The van der Waals surface area contributed by atoms with Gasteiger partial charge in [-0.15, -0.1) is 0 Å². The van der Waals surface area contributed by atoms with Gasteiger partial charge in [0.1, 0.15) is 0 Å². The Bertz CT molecular complexity index is 852. The monoisotopic (exact) mass is 384 g/mol. The fourth-order valence-electron chi connectivity index (χ4n) is 2.98. The van der Waals surface area contributed by atoms with Gasteiger partial charge in [-0.25, -0.2) is 0 Å². The molecule has 0 radical (unpaired) electrons. The van der Waals surface area contributed by atoms with Gasteiger partial charge in [-0.3, -0.25) is 4.79 Å². The molecule has 7 nitrogen and oxygen atoms in total. The van der Waals surface area contributed by atoms with E-state index in [0.29, 0.717) is 29.4 Å². The van der Waals surface area contributed by atoms with Gasteiger partial charge in [0.15, 0.2) is 11.5 Å². The minimum Gasteiger partial charge on any atom is -0.493 e. The van der Waals surface area contributed by atoms with Crippen molar-refractivity contribution in [2.75, 3.05) is 26.6 Å². The molecule has 3 rings (SSSR count). The molecule has 0 bridgehead atoms. The summed E-state index contributed by atoms with van der Waals surface area (Å²) in [7, 11) is 4.64. The van der Waals surface area contributed by atoms with Gasteiger partial charge in [-0.1, -0.05) is 24.2 Å². The van der Waals surface area contributed by atoms with Crippen LogP contribution >= 0.6 is 0 Å². The molecular formula is C21H24N2O5. The number of hydrogen-bond acceptors (Lipinski definition) is 6. The van der Waals surface area contributed by atoms with Crippen molar-refractivity contribution in [1.82, 2.24) is 0 Å². The summed E-state index contributed by atoms with van der Waals surface area (Å²) in [6.45, 7) is 2.09. The van der Waals surface area contributed by atoms with Crippen LogP contribution < -0.4 is 19.5 Å². The third-order valence-electron chi connectivity index (χ3n) is 4.59. The first-order valence-corrected chi connectivity index (χ1v) is 9.02. The van der Waals surface area contributed by atoms with Gasteiger partial charge in [-0.2, -0.15) is 0 Å². The molecule has 0 unspecified atom stereocenters. The fraction of sp³-hybridized carbons (Fsp3) is 0.333. The van der Waals surface area contributed by atoms with Crippen molar-refractivity contribution in [3.8, 4) is 17.2 Å². The third kappa shape index (κ3) is 4.03. The van der Waals surface area contributed by atoms with Crippen LogP contribution in [0.1, 0.15) is 24.5 Å². The number of benzene rings is 2. The predicted octanol–water partition coefficient (Wildman–Crippen LogP) is 3.41. The molecular weight excluding hydrogens is 360 g/mol.